The molecule has 3 rings (SSSR count). The van der Waals surface area contributed by atoms with E-state index in [0.29, 0.717) is 47.0 Å². The molecule has 0 N–H and O–H groups in total. The quantitative estimate of drug-likeness (QED) is 0.820. The Bertz CT molecular complexity index is 685. The number of hydrogen-bond acceptors (Lipinski definition) is 5. The Labute approximate surface area is 150 Å². The summed E-state index contributed by atoms with van der Waals surface area (Å²) in [5.74, 6) is 0.606. The topological polar surface area (TPSA) is 51.2 Å². The lowest BCUT2D eigenvalue weighted by Gasteiger charge is -2.29. The normalized spacial score (nSPS) is 17.2. The van der Waals surface area contributed by atoms with Gasteiger partial charge in [0.05, 0.1) is 41.1 Å². The molecule has 0 unspecified atom stereocenters. The van der Waals surface area contributed by atoms with Gasteiger partial charge in [-0.15, -0.1) is 0 Å². The summed E-state index contributed by atoms with van der Waals surface area (Å²) in [6.45, 7) is 1.72. The predicted molar refractivity (Wildman–Crippen MR) is 94.4 cm³/mol. The smallest absolute Gasteiger partial charge is 0.225 e. The van der Waals surface area contributed by atoms with Crippen LogP contribution < -0.4 is 4.90 Å². The molecule has 1 radical (unpaired) electrons. The van der Waals surface area contributed by atoms with E-state index in [2.05, 4.69) is 4.99 Å². The van der Waals surface area contributed by atoms with Crippen LogP contribution in [0.25, 0.3) is 0 Å². The third-order valence-corrected chi connectivity index (χ3v) is 4.35. The first-order chi connectivity index (χ1) is 11.6. The number of rotatable bonds is 4. The van der Waals surface area contributed by atoms with Crippen molar-refractivity contribution >= 4 is 34.8 Å². The molecule has 6 nitrogen and oxygen atoms in total. The highest BCUT2D eigenvalue weighted by atomic mass is 35.5. The number of guanidine groups is 1. The molecule has 1 aromatic carbocycles. The number of para-hydroxylation sites is 1. The fourth-order valence-electron chi connectivity index (χ4n) is 2.53. The van der Waals surface area contributed by atoms with Gasteiger partial charge in [0.15, 0.2) is 0 Å². The molecule has 127 valence electrons. The Morgan fingerprint density at radius 1 is 1.33 bits per heavy atom. The van der Waals surface area contributed by atoms with Crippen molar-refractivity contribution in [2.24, 2.45) is 4.99 Å². The van der Waals surface area contributed by atoms with E-state index in [0.717, 1.165) is 5.06 Å². The number of anilines is 1. The zero-order valence-electron chi connectivity index (χ0n) is 13.2. The molecule has 0 spiro atoms. The maximum absolute atomic E-state index is 11.7. The Hall–Kier alpha value is -1.73. The molecule has 0 aliphatic carbocycles. The van der Waals surface area contributed by atoms with E-state index >= 15 is 0 Å². The average molecular weight is 368 g/mol. The van der Waals surface area contributed by atoms with Crippen LogP contribution in [0, 0.1) is 0 Å². The summed E-state index contributed by atoms with van der Waals surface area (Å²) < 4.78 is 0. The van der Waals surface area contributed by atoms with Crippen LogP contribution >= 0.6 is 23.2 Å². The van der Waals surface area contributed by atoms with Gasteiger partial charge in [0.25, 0.3) is 0 Å². The molecule has 2 aliphatic heterocycles. The van der Waals surface area contributed by atoms with Crippen molar-refractivity contribution in [3.63, 3.8) is 0 Å². The SMILES string of the molecule is CN(C1=NCCN1OCC1=CC=CCN1[O])c1c(Cl)cccc1Cl. The van der Waals surface area contributed by atoms with Crippen molar-refractivity contribution in [3.8, 4) is 0 Å². The highest BCUT2D eigenvalue weighted by Gasteiger charge is 2.26. The van der Waals surface area contributed by atoms with Crippen LogP contribution in [0.5, 0.6) is 0 Å². The van der Waals surface area contributed by atoms with Crippen LogP contribution in [0.4, 0.5) is 5.69 Å². The van der Waals surface area contributed by atoms with Crippen LogP contribution in [0.3, 0.4) is 0 Å². The maximum atomic E-state index is 11.7. The number of aliphatic imine (C=N–C) groups is 1. The second-order valence-electron chi connectivity index (χ2n) is 5.33. The molecule has 24 heavy (non-hydrogen) atoms. The summed E-state index contributed by atoms with van der Waals surface area (Å²) in [4.78, 5) is 12.0. The summed E-state index contributed by atoms with van der Waals surface area (Å²) in [6, 6.07) is 5.33. The van der Waals surface area contributed by atoms with E-state index in [9.17, 15) is 5.21 Å². The van der Waals surface area contributed by atoms with Gasteiger partial charge in [0.2, 0.25) is 5.96 Å². The van der Waals surface area contributed by atoms with Crippen LogP contribution in [0.2, 0.25) is 10.0 Å². The van der Waals surface area contributed by atoms with Crippen molar-refractivity contribution in [2.75, 3.05) is 38.2 Å². The standard InChI is InChI=1S/C16H17Cl2N4O2/c1-20(15-13(17)6-4-7-14(15)18)16-19-8-10-22(16)24-11-12-5-2-3-9-21(12)23/h2-7H,8-11H2,1H3. The number of hydrogen-bond donors (Lipinski definition) is 0. The number of benzene rings is 1. The molecule has 0 atom stereocenters. The maximum Gasteiger partial charge on any atom is 0.225 e. The largest absolute Gasteiger partial charge is 0.311 e. The van der Waals surface area contributed by atoms with E-state index in [1.54, 1.807) is 40.3 Å². The molecule has 0 saturated carbocycles. The highest BCUT2D eigenvalue weighted by molar-refractivity contribution is 6.39. The molecule has 0 fully saturated rings. The van der Waals surface area contributed by atoms with Crippen LogP contribution in [0.1, 0.15) is 0 Å². The number of nitrogens with zero attached hydrogens (tertiary/aromatic N) is 4. The van der Waals surface area contributed by atoms with Gasteiger partial charge < -0.3 is 4.90 Å². The van der Waals surface area contributed by atoms with Gasteiger partial charge in [-0.1, -0.05) is 46.6 Å². The first-order valence-electron chi connectivity index (χ1n) is 7.51. The fourth-order valence-corrected chi connectivity index (χ4v) is 3.18. The Balaban J connectivity index is 1.71. The van der Waals surface area contributed by atoms with Gasteiger partial charge in [-0.2, -0.15) is 0 Å². The molecular weight excluding hydrogens is 351 g/mol. The lowest BCUT2D eigenvalue weighted by Crippen LogP contribution is -2.41. The van der Waals surface area contributed by atoms with E-state index in [4.69, 9.17) is 28.0 Å². The van der Waals surface area contributed by atoms with Gasteiger partial charge in [-0.3, -0.25) is 4.84 Å². The molecule has 1 aromatic rings. The Kier molecular flexibility index (Phi) is 5.30. The number of halogens is 2. The molecule has 0 aromatic heterocycles. The molecule has 2 heterocycles. The van der Waals surface area contributed by atoms with Crippen LogP contribution in [0.15, 0.2) is 47.1 Å². The van der Waals surface area contributed by atoms with E-state index < -0.39 is 0 Å². The molecule has 8 heteroatoms. The van der Waals surface area contributed by atoms with Crippen molar-refractivity contribution in [2.45, 2.75) is 0 Å². The molecule has 0 saturated heterocycles. The lowest BCUT2D eigenvalue weighted by molar-refractivity contribution is -0.148. The van der Waals surface area contributed by atoms with Crippen molar-refractivity contribution in [3.05, 3.63) is 52.2 Å². The summed E-state index contributed by atoms with van der Waals surface area (Å²) in [5.41, 5.74) is 1.24. The molecule has 2 aliphatic rings. The Morgan fingerprint density at radius 3 is 2.79 bits per heavy atom. The van der Waals surface area contributed by atoms with Crippen LogP contribution in [-0.4, -0.2) is 49.4 Å². The predicted octanol–water partition coefficient (Wildman–Crippen LogP) is 3.13. The summed E-state index contributed by atoms with van der Waals surface area (Å²) in [5, 5.41) is 15.4. The zero-order chi connectivity index (χ0) is 17.1. The lowest BCUT2D eigenvalue weighted by atomic mass is 10.3. The number of hydroxylamine groups is 4. The van der Waals surface area contributed by atoms with Crippen molar-refractivity contribution in [1.82, 2.24) is 10.1 Å². The Morgan fingerprint density at radius 2 is 2.08 bits per heavy atom. The first-order valence-corrected chi connectivity index (χ1v) is 8.26. The third-order valence-electron chi connectivity index (χ3n) is 3.74. The van der Waals surface area contributed by atoms with Crippen molar-refractivity contribution in [1.29, 1.82) is 0 Å². The van der Waals surface area contributed by atoms with Gasteiger partial charge in [-0.25, -0.2) is 15.1 Å². The summed E-state index contributed by atoms with van der Waals surface area (Å²) >= 11 is 12.5. The average Bonchev–Trinajstić information content (AvgIpc) is 3.02. The van der Waals surface area contributed by atoms with Crippen LogP contribution in [-0.2, 0) is 10.0 Å². The minimum absolute atomic E-state index is 0.178. The fraction of sp³-hybridized carbons (Fsp3) is 0.312. The molecule has 0 amide bonds. The highest BCUT2D eigenvalue weighted by Crippen LogP contribution is 2.33. The van der Waals surface area contributed by atoms with Crippen molar-refractivity contribution < 1.29 is 10.0 Å². The van der Waals surface area contributed by atoms with E-state index in [1.807, 2.05) is 13.1 Å². The summed E-state index contributed by atoms with van der Waals surface area (Å²) in [7, 11) is 1.83. The van der Waals surface area contributed by atoms with Gasteiger partial charge in [0, 0.05) is 7.05 Å². The van der Waals surface area contributed by atoms with Gasteiger partial charge in [-0.05, 0) is 18.2 Å². The third kappa shape index (κ3) is 3.52. The molecule has 0 bridgehead atoms. The van der Waals surface area contributed by atoms with E-state index in [1.165, 1.54) is 0 Å². The number of allylic oxidation sites excluding steroid dienone is 2. The van der Waals surface area contributed by atoms with Gasteiger partial charge in [0.1, 0.15) is 6.61 Å². The van der Waals surface area contributed by atoms with E-state index in [-0.39, 0.29) is 6.61 Å². The summed E-state index contributed by atoms with van der Waals surface area (Å²) in [6.07, 6.45) is 5.40. The monoisotopic (exact) mass is 367 g/mol. The zero-order valence-corrected chi connectivity index (χ0v) is 14.7. The minimum atomic E-state index is 0.178. The van der Waals surface area contributed by atoms with Gasteiger partial charge >= 0.3 is 0 Å². The minimum Gasteiger partial charge on any atom is -0.311 e. The second-order valence-corrected chi connectivity index (χ2v) is 6.15. The second kappa shape index (κ2) is 7.44. The first kappa shape index (κ1) is 17.1. The molecular formula is C16H17Cl2N4O2.